The molecule has 0 unspecified atom stereocenters. The summed E-state index contributed by atoms with van der Waals surface area (Å²) in [6.07, 6.45) is 0. The van der Waals surface area contributed by atoms with Crippen LogP contribution in [0.3, 0.4) is 0 Å². The molecular formula is C6H2AsF3O. The summed E-state index contributed by atoms with van der Waals surface area (Å²) in [5.41, 5.74) is 0. The average Bonchev–Trinajstić information content (AvgIpc) is 2.01. The Labute approximate surface area is 67.1 Å². The van der Waals surface area contributed by atoms with Gasteiger partial charge in [-0.1, -0.05) is 0 Å². The van der Waals surface area contributed by atoms with Crippen LogP contribution >= 0.6 is 0 Å². The zero-order valence-electron chi connectivity index (χ0n) is 5.14. The molecule has 1 aromatic carbocycles. The summed E-state index contributed by atoms with van der Waals surface area (Å²) < 4.78 is 46.9. The van der Waals surface area contributed by atoms with Crippen molar-refractivity contribution < 1.29 is 16.9 Å². The molecule has 0 spiro atoms. The third kappa shape index (κ3) is 1.51. The first-order valence-corrected chi connectivity index (χ1v) is 4.34. The van der Waals surface area contributed by atoms with Crippen LogP contribution in [0.25, 0.3) is 0 Å². The van der Waals surface area contributed by atoms with Crippen LogP contribution in [-0.2, 0) is 3.74 Å². The van der Waals surface area contributed by atoms with Crippen LogP contribution in [0, 0.1) is 17.5 Å². The van der Waals surface area contributed by atoms with Crippen LogP contribution in [-0.4, -0.2) is 15.7 Å². The summed E-state index contributed by atoms with van der Waals surface area (Å²) in [6.45, 7) is 0. The van der Waals surface area contributed by atoms with Crippen molar-refractivity contribution >= 4 is 20.0 Å². The van der Waals surface area contributed by atoms with E-state index in [1.165, 1.54) is 0 Å². The molecule has 0 atom stereocenters. The van der Waals surface area contributed by atoms with Crippen molar-refractivity contribution in [2.75, 3.05) is 0 Å². The van der Waals surface area contributed by atoms with Crippen molar-refractivity contribution in [1.82, 2.24) is 0 Å². The molecule has 1 nitrogen and oxygen atoms in total. The molecule has 0 heterocycles. The van der Waals surface area contributed by atoms with Crippen LogP contribution in [0.5, 0.6) is 0 Å². The summed E-state index contributed by atoms with van der Waals surface area (Å²) in [6, 6.07) is 1.72. The van der Waals surface area contributed by atoms with Gasteiger partial charge in [0.1, 0.15) is 0 Å². The second kappa shape index (κ2) is 3.18. The number of benzene rings is 1. The summed E-state index contributed by atoms with van der Waals surface area (Å²) in [4.78, 5) is 0. The summed E-state index contributed by atoms with van der Waals surface area (Å²) in [5.74, 6) is -4.17. The summed E-state index contributed by atoms with van der Waals surface area (Å²) in [5, 5.41) is 0. The van der Waals surface area contributed by atoms with E-state index in [4.69, 9.17) is 0 Å². The standard InChI is InChI=1S/C6H2AsF3O/c8-4-2-1-3(7-11)5(9)6(4)10/h1-2H. The molecule has 0 saturated carbocycles. The van der Waals surface area contributed by atoms with Gasteiger partial charge in [-0.25, -0.2) is 0 Å². The van der Waals surface area contributed by atoms with Crippen LogP contribution in [0.4, 0.5) is 13.2 Å². The third-order valence-electron chi connectivity index (χ3n) is 1.11. The zero-order valence-corrected chi connectivity index (χ0v) is 7.02. The van der Waals surface area contributed by atoms with Crippen LogP contribution in [0.15, 0.2) is 12.1 Å². The van der Waals surface area contributed by atoms with Gasteiger partial charge in [0.2, 0.25) is 0 Å². The Hall–Kier alpha value is -0.632. The minimum atomic E-state index is -1.64. The van der Waals surface area contributed by atoms with Gasteiger partial charge >= 0.3 is 66.5 Å². The van der Waals surface area contributed by atoms with Crippen LogP contribution in [0.1, 0.15) is 0 Å². The molecule has 0 N–H and O–H groups in total. The van der Waals surface area contributed by atoms with E-state index in [9.17, 15) is 16.9 Å². The van der Waals surface area contributed by atoms with Crippen molar-refractivity contribution in [2.24, 2.45) is 0 Å². The SMILES string of the molecule is O=[As]c1ccc(F)c(F)c1F. The van der Waals surface area contributed by atoms with Crippen molar-refractivity contribution in [3.05, 3.63) is 29.6 Å². The monoisotopic (exact) mass is 222 g/mol. The van der Waals surface area contributed by atoms with E-state index in [0.29, 0.717) is 0 Å². The predicted octanol–water partition coefficient (Wildman–Crippen LogP) is 0.779. The number of halogens is 3. The van der Waals surface area contributed by atoms with Gasteiger partial charge in [-0.15, -0.1) is 0 Å². The topological polar surface area (TPSA) is 17.1 Å². The number of rotatable bonds is 1. The van der Waals surface area contributed by atoms with Crippen molar-refractivity contribution in [2.45, 2.75) is 0 Å². The van der Waals surface area contributed by atoms with E-state index in [1.807, 2.05) is 0 Å². The van der Waals surface area contributed by atoms with Gasteiger partial charge in [-0.3, -0.25) is 0 Å². The van der Waals surface area contributed by atoms with Gasteiger partial charge in [0, 0.05) is 0 Å². The average molecular weight is 222 g/mol. The molecule has 0 bridgehead atoms. The molecule has 0 aromatic heterocycles. The van der Waals surface area contributed by atoms with E-state index in [0.717, 1.165) is 12.1 Å². The number of hydrogen-bond donors (Lipinski definition) is 0. The first-order valence-electron chi connectivity index (χ1n) is 2.63. The van der Waals surface area contributed by atoms with Crippen molar-refractivity contribution in [3.63, 3.8) is 0 Å². The Morgan fingerprint density at radius 2 is 1.73 bits per heavy atom. The molecule has 11 heavy (non-hydrogen) atoms. The zero-order chi connectivity index (χ0) is 8.43. The first kappa shape index (κ1) is 8.46. The summed E-state index contributed by atoms with van der Waals surface area (Å²) in [7, 11) is 0. The van der Waals surface area contributed by atoms with Gasteiger partial charge in [-0.2, -0.15) is 0 Å². The molecule has 0 aliphatic carbocycles. The van der Waals surface area contributed by atoms with Gasteiger partial charge in [-0.05, 0) is 0 Å². The summed E-state index contributed by atoms with van der Waals surface area (Å²) >= 11 is -1.64. The Kier molecular flexibility index (Phi) is 2.45. The molecule has 1 aromatic rings. The second-order valence-corrected chi connectivity index (χ2v) is 3.18. The molecule has 0 radical (unpaired) electrons. The predicted molar refractivity (Wildman–Crippen MR) is 32.4 cm³/mol. The third-order valence-corrected chi connectivity index (χ3v) is 2.25. The fourth-order valence-corrected chi connectivity index (χ4v) is 1.24. The number of hydrogen-bond acceptors (Lipinski definition) is 1. The Bertz CT molecular complexity index is 300. The van der Waals surface area contributed by atoms with Crippen molar-refractivity contribution in [3.8, 4) is 0 Å². The van der Waals surface area contributed by atoms with E-state index in [1.54, 1.807) is 0 Å². The van der Waals surface area contributed by atoms with Gasteiger partial charge in [0.05, 0.1) is 0 Å². The normalized spacial score (nSPS) is 10.5. The maximum atomic E-state index is 12.5. The molecule has 0 saturated heterocycles. The second-order valence-electron chi connectivity index (χ2n) is 1.79. The van der Waals surface area contributed by atoms with Gasteiger partial charge in [0.15, 0.2) is 0 Å². The van der Waals surface area contributed by atoms with E-state index in [2.05, 4.69) is 0 Å². The molecule has 58 valence electrons. The molecule has 5 heteroatoms. The van der Waals surface area contributed by atoms with E-state index < -0.39 is 33.1 Å². The molecular weight excluding hydrogens is 220 g/mol. The molecule has 0 fully saturated rings. The molecule has 0 amide bonds. The van der Waals surface area contributed by atoms with Crippen LogP contribution in [0.2, 0.25) is 0 Å². The first-order chi connectivity index (χ1) is 5.16. The quantitative estimate of drug-likeness (QED) is 0.506. The Morgan fingerprint density at radius 1 is 1.09 bits per heavy atom. The van der Waals surface area contributed by atoms with E-state index >= 15 is 0 Å². The molecule has 0 aliphatic rings. The van der Waals surface area contributed by atoms with Crippen LogP contribution < -0.4 is 4.35 Å². The van der Waals surface area contributed by atoms with Gasteiger partial charge < -0.3 is 0 Å². The molecule has 1 rings (SSSR count). The van der Waals surface area contributed by atoms with Gasteiger partial charge in [0.25, 0.3) is 0 Å². The minimum absolute atomic E-state index is 0.264. The molecule has 0 aliphatic heterocycles. The fourth-order valence-electron chi connectivity index (χ4n) is 0.586. The van der Waals surface area contributed by atoms with Crippen molar-refractivity contribution in [1.29, 1.82) is 0 Å². The maximum absolute atomic E-state index is 12.5. The Balaban J connectivity index is 3.36. The fraction of sp³-hybridized carbons (Fsp3) is 0. The Morgan fingerprint density at radius 3 is 2.27 bits per heavy atom. The van der Waals surface area contributed by atoms with E-state index in [-0.39, 0.29) is 4.35 Å².